The second-order valence-electron chi connectivity index (χ2n) is 2.37. The van der Waals surface area contributed by atoms with Gasteiger partial charge in [-0.25, -0.2) is 4.79 Å². The van der Waals surface area contributed by atoms with Crippen LogP contribution >= 0.6 is 9.47 Å². The minimum Gasteiger partial charge on any atom is -0.450 e. The predicted molar refractivity (Wildman–Crippen MR) is 54.7 cm³/mol. The van der Waals surface area contributed by atoms with E-state index in [0.717, 1.165) is 5.56 Å². The highest BCUT2D eigenvalue weighted by Gasteiger charge is 1.94. The van der Waals surface area contributed by atoms with Crippen LogP contribution in [0.25, 0.3) is 0 Å². The molecule has 1 rings (SSSR count). The largest absolute Gasteiger partial charge is 0.450 e. The zero-order chi connectivity index (χ0) is 9.52. The maximum absolute atomic E-state index is 10.6. The highest BCUT2D eigenvalue weighted by atomic mass is 31.0. The van der Waals surface area contributed by atoms with Gasteiger partial charge in [0.1, 0.15) is 6.54 Å². The van der Waals surface area contributed by atoms with Crippen LogP contribution in [0, 0.1) is 0 Å². The smallest absolute Gasteiger partial charge is 0.329 e. The highest BCUT2D eigenvalue weighted by molar-refractivity contribution is 7.10. The van der Waals surface area contributed by atoms with E-state index in [0.29, 0.717) is 0 Å². The summed E-state index contributed by atoms with van der Waals surface area (Å²) in [5.41, 5.74) is 0.971. The molecule has 0 spiro atoms. The third kappa shape index (κ3) is 3.81. The number of hydrogen-bond donors (Lipinski definition) is 0. The minimum atomic E-state index is -0.364. The summed E-state index contributed by atoms with van der Waals surface area (Å²) >= 11 is 0. The van der Waals surface area contributed by atoms with Gasteiger partial charge in [0.05, 0.1) is 9.47 Å². The van der Waals surface area contributed by atoms with E-state index in [9.17, 15) is 4.79 Å². The Balaban J connectivity index is 2.45. The molecule has 1 aromatic carbocycles. The van der Waals surface area contributed by atoms with Crippen LogP contribution in [0.2, 0.25) is 0 Å². The van der Waals surface area contributed by atoms with E-state index in [2.05, 4.69) is 9.52 Å². The monoisotopic (exact) mass is 195 g/mol. The van der Waals surface area contributed by atoms with Gasteiger partial charge in [-0.05, 0) is 5.56 Å². The molecule has 13 heavy (non-hydrogen) atoms. The summed E-state index contributed by atoms with van der Waals surface area (Å²) in [5.74, 6) is -0.364. The van der Waals surface area contributed by atoms with Crippen molar-refractivity contribution >= 4 is 21.7 Å². The van der Waals surface area contributed by atoms with Crippen LogP contribution in [0.5, 0.6) is 0 Å². The van der Waals surface area contributed by atoms with Crippen molar-refractivity contribution in [3.8, 4) is 0 Å². The molecule has 0 aliphatic rings. The number of nitrogens with zero attached hydrogens (tertiary/aromatic N) is 1. The molecule has 0 aliphatic carbocycles. The number of carbonyl (C=O) groups excluding carboxylic acids is 1. The number of benzene rings is 1. The lowest BCUT2D eigenvalue weighted by molar-refractivity contribution is -0.131. The number of rotatable bonds is 3. The van der Waals surface area contributed by atoms with Crippen molar-refractivity contribution in [2.75, 3.05) is 6.54 Å². The van der Waals surface area contributed by atoms with Crippen LogP contribution in [-0.2, 0) is 9.32 Å². The fourth-order valence-corrected chi connectivity index (χ4v) is 0.876. The summed E-state index contributed by atoms with van der Waals surface area (Å²) in [4.78, 5) is 14.5. The summed E-state index contributed by atoms with van der Waals surface area (Å²) in [6, 6.07) is 9.57. The third-order valence-corrected chi connectivity index (χ3v) is 1.65. The van der Waals surface area contributed by atoms with Gasteiger partial charge in [0.15, 0.2) is 0 Å². The molecule has 0 aliphatic heterocycles. The molecular weight excluding hydrogens is 185 g/mol. The molecule has 0 bridgehead atoms. The molecule has 1 unspecified atom stereocenters. The average Bonchev–Trinajstić information content (AvgIpc) is 2.19. The fraction of sp³-hybridized carbons (Fsp3) is 0.111. The number of hydrogen-bond acceptors (Lipinski definition) is 3. The lowest BCUT2D eigenvalue weighted by Crippen LogP contribution is -2.00. The standard InChI is InChI=1S/C9H10NO2P/c11-9(12-13)7-10-6-8-4-2-1-3-5-8/h1-6H,7,13H2/b10-6+. The maximum Gasteiger partial charge on any atom is 0.329 e. The van der Waals surface area contributed by atoms with Crippen molar-refractivity contribution in [2.45, 2.75) is 0 Å². The Morgan fingerprint density at radius 3 is 2.77 bits per heavy atom. The second kappa shape index (κ2) is 5.44. The molecule has 4 heteroatoms. The topological polar surface area (TPSA) is 38.7 Å². The van der Waals surface area contributed by atoms with E-state index < -0.39 is 0 Å². The predicted octanol–water partition coefficient (Wildman–Crippen LogP) is 1.44. The van der Waals surface area contributed by atoms with Gasteiger partial charge in [0, 0.05) is 6.21 Å². The molecular formula is C9H10NO2P. The Bertz CT molecular complexity index is 298. The molecule has 0 fully saturated rings. The van der Waals surface area contributed by atoms with Crippen molar-refractivity contribution in [1.82, 2.24) is 0 Å². The second-order valence-corrected chi connectivity index (χ2v) is 2.61. The lowest BCUT2D eigenvalue weighted by Gasteiger charge is -1.92. The maximum atomic E-state index is 10.6. The van der Waals surface area contributed by atoms with Crippen molar-refractivity contribution in [2.24, 2.45) is 4.99 Å². The van der Waals surface area contributed by atoms with E-state index in [4.69, 9.17) is 0 Å². The van der Waals surface area contributed by atoms with E-state index in [1.54, 1.807) is 6.21 Å². The van der Waals surface area contributed by atoms with Gasteiger partial charge in [-0.3, -0.25) is 4.99 Å². The molecule has 0 radical (unpaired) electrons. The molecule has 1 atom stereocenters. The first-order chi connectivity index (χ1) is 6.33. The Labute approximate surface area is 79.1 Å². The average molecular weight is 195 g/mol. The van der Waals surface area contributed by atoms with E-state index >= 15 is 0 Å². The molecule has 1 aromatic rings. The zero-order valence-corrected chi connectivity index (χ0v) is 8.17. The van der Waals surface area contributed by atoms with Crippen LogP contribution in [-0.4, -0.2) is 18.7 Å². The summed E-state index contributed by atoms with van der Waals surface area (Å²) in [7, 11) is 1.89. The van der Waals surface area contributed by atoms with Crippen LogP contribution < -0.4 is 0 Å². The van der Waals surface area contributed by atoms with Gasteiger partial charge in [-0.1, -0.05) is 30.3 Å². The zero-order valence-electron chi connectivity index (χ0n) is 7.01. The van der Waals surface area contributed by atoms with Gasteiger partial charge in [0.25, 0.3) is 0 Å². The summed E-state index contributed by atoms with van der Waals surface area (Å²) < 4.78 is 4.35. The molecule has 0 saturated carbocycles. The Hall–Kier alpha value is -1.21. The first kappa shape index (κ1) is 9.87. The van der Waals surface area contributed by atoms with E-state index in [1.165, 1.54) is 0 Å². The van der Waals surface area contributed by atoms with Crippen molar-refractivity contribution in [3.05, 3.63) is 35.9 Å². The lowest BCUT2D eigenvalue weighted by atomic mass is 10.2. The minimum absolute atomic E-state index is 0.0540. The first-order valence-corrected chi connectivity index (χ1v) is 4.24. The Morgan fingerprint density at radius 1 is 1.46 bits per heavy atom. The molecule has 0 aromatic heterocycles. The van der Waals surface area contributed by atoms with E-state index in [-0.39, 0.29) is 12.5 Å². The summed E-state index contributed by atoms with van der Waals surface area (Å²) in [6.07, 6.45) is 1.64. The highest BCUT2D eigenvalue weighted by Crippen LogP contribution is 1.94. The summed E-state index contributed by atoms with van der Waals surface area (Å²) in [5, 5.41) is 0. The third-order valence-electron chi connectivity index (χ3n) is 1.39. The van der Waals surface area contributed by atoms with Gasteiger partial charge in [-0.2, -0.15) is 0 Å². The quantitative estimate of drug-likeness (QED) is 0.540. The van der Waals surface area contributed by atoms with Crippen LogP contribution in [0.4, 0.5) is 0 Å². The van der Waals surface area contributed by atoms with Crippen molar-refractivity contribution in [3.63, 3.8) is 0 Å². The van der Waals surface area contributed by atoms with Crippen molar-refractivity contribution in [1.29, 1.82) is 0 Å². The fourth-order valence-electron chi connectivity index (χ4n) is 0.802. The number of carbonyl (C=O) groups is 1. The number of aliphatic imine (C=N–C) groups is 1. The van der Waals surface area contributed by atoms with E-state index in [1.807, 2.05) is 39.8 Å². The Morgan fingerprint density at radius 2 is 2.15 bits per heavy atom. The molecule has 0 saturated heterocycles. The van der Waals surface area contributed by atoms with Crippen LogP contribution in [0.3, 0.4) is 0 Å². The SMILES string of the molecule is O=C(C/N=C/c1ccccc1)OP. The van der Waals surface area contributed by atoms with Gasteiger partial charge >= 0.3 is 5.97 Å². The Kier molecular flexibility index (Phi) is 4.13. The normalized spacial score (nSPS) is 10.2. The van der Waals surface area contributed by atoms with Gasteiger partial charge in [-0.15, -0.1) is 0 Å². The first-order valence-electron chi connectivity index (χ1n) is 3.77. The van der Waals surface area contributed by atoms with Crippen LogP contribution in [0.15, 0.2) is 35.3 Å². The molecule has 0 heterocycles. The van der Waals surface area contributed by atoms with Gasteiger partial charge in [0.2, 0.25) is 0 Å². The van der Waals surface area contributed by atoms with Crippen molar-refractivity contribution < 1.29 is 9.32 Å². The molecule has 68 valence electrons. The molecule has 0 N–H and O–H groups in total. The van der Waals surface area contributed by atoms with Crippen LogP contribution in [0.1, 0.15) is 5.56 Å². The molecule has 0 amide bonds. The molecule has 3 nitrogen and oxygen atoms in total. The van der Waals surface area contributed by atoms with Gasteiger partial charge < -0.3 is 4.52 Å². The summed E-state index contributed by atoms with van der Waals surface area (Å²) in [6.45, 7) is 0.0540.